The third-order valence-electron chi connectivity index (χ3n) is 4.06. The molecule has 8 nitrogen and oxygen atoms in total. The van der Waals surface area contributed by atoms with Crippen LogP contribution in [0.4, 0.5) is 5.69 Å². The number of carbonyl (C=O) groups excluding carboxylic acids is 1. The van der Waals surface area contributed by atoms with Gasteiger partial charge in [0.15, 0.2) is 0 Å². The number of anilines is 1. The van der Waals surface area contributed by atoms with Gasteiger partial charge in [-0.3, -0.25) is 20.0 Å². The maximum atomic E-state index is 12.9. The van der Waals surface area contributed by atoms with E-state index in [-0.39, 0.29) is 15.2 Å². The van der Waals surface area contributed by atoms with E-state index in [0.717, 1.165) is 5.56 Å². The minimum atomic E-state index is -3.87. The molecule has 3 aromatic rings. The molecule has 2 aromatic carbocycles. The molecule has 0 saturated heterocycles. The lowest BCUT2D eigenvalue weighted by Crippen LogP contribution is -2.24. The van der Waals surface area contributed by atoms with E-state index in [2.05, 4.69) is 20.3 Å². The fraction of sp³-hybridized carbons (Fsp3) is 0.167. The Balaban J connectivity index is 1.92. The van der Waals surface area contributed by atoms with Crippen molar-refractivity contribution in [2.75, 3.05) is 10.1 Å². The molecular formula is C18H19N5O3S2. The molecule has 0 radical (unpaired) electrons. The number of hydrogen-bond donors (Lipinski definition) is 3. The predicted octanol–water partition coefficient (Wildman–Crippen LogP) is 3.05. The van der Waals surface area contributed by atoms with E-state index in [1.807, 2.05) is 13.0 Å². The topological polar surface area (TPSA) is 109 Å². The molecule has 0 aliphatic heterocycles. The van der Waals surface area contributed by atoms with Crippen LogP contribution in [0, 0.1) is 25.5 Å². The van der Waals surface area contributed by atoms with E-state index in [4.69, 9.17) is 12.2 Å². The number of nitrogens with one attached hydrogen (secondary N) is 3. The van der Waals surface area contributed by atoms with E-state index < -0.39 is 15.9 Å². The van der Waals surface area contributed by atoms with Gasteiger partial charge in [-0.15, -0.1) is 0 Å². The highest BCUT2D eigenvalue weighted by molar-refractivity contribution is 7.92. The number of hydrogen-bond acceptors (Lipinski definition) is 5. The van der Waals surface area contributed by atoms with E-state index in [9.17, 15) is 13.2 Å². The van der Waals surface area contributed by atoms with Crippen LogP contribution >= 0.6 is 12.2 Å². The summed E-state index contributed by atoms with van der Waals surface area (Å²) in [4.78, 5) is 12.6. The first-order valence-corrected chi connectivity index (χ1v) is 10.2. The van der Waals surface area contributed by atoms with Crippen molar-refractivity contribution in [3.8, 4) is 0 Å². The standard InChI is InChI=1S/C18H19N5O3S2/c1-11-5-4-6-15(9-11)22-28(25,26)16-10-14(8-7-12(16)2)17(24)21-23-13(3)19-20-18(23)27/h4-10,22H,1-3H3,(H,20,27)(H,21,24). The number of benzene rings is 2. The molecule has 10 heteroatoms. The molecule has 3 N–H and O–H groups in total. The average molecular weight is 418 g/mol. The fourth-order valence-corrected chi connectivity index (χ4v) is 4.17. The van der Waals surface area contributed by atoms with Crippen LogP contribution in [-0.4, -0.2) is 29.2 Å². The summed E-state index contributed by atoms with van der Waals surface area (Å²) in [5, 5.41) is 6.48. The second kappa shape index (κ2) is 7.56. The number of amides is 1. The van der Waals surface area contributed by atoms with Gasteiger partial charge in [0.05, 0.1) is 4.90 Å². The highest BCUT2D eigenvalue weighted by Gasteiger charge is 2.20. The summed E-state index contributed by atoms with van der Waals surface area (Å²) in [5.74, 6) is -0.0352. The van der Waals surface area contributed by atoms with Crippen molar-refractivity contribution in [1.29, 1.82) is 0 Å². The number of aromatic nitrogens is 3. The maximum absolute atomic E-state index is 12.9. The fourth-order valence-electron chi connectivity index (χ4n) is 2.62. The Morgan fingerprint density at radius 2 is 1.89 bits per heavy atom. The summed E-state index contributed by atoms with van der Waals surface area (Å²) in [5.41, 5.74) is 4.68. The second-order valence-electron chi connectivity index (χ2n) is 6.31. The van der Waals surface area contributed by atoms with Crippen molar-refractivity contribution in [1.82, 2.24) is 14.9 Å². The molecule has 28 heavy (non-hydrogen) atoms. The van der Waals surface area contributed by atoms with Gasteiger partial charge < -0.3 is 0 Å². The minimum Gasteiger partial charge on any atom is -0.280 e. The molecule has 0 aliphatic carbocycles. The monoisotopic (exact) mass is 417 g/mol. The molecule has 0 bridgehead atoms. The smallest absolute Gasteiger partial charge is 0.270 e. The predicted molar refractivity (Wildman–Crippen MR) is 109 cm³/mol. The van der Waals surface area contributed by atoms with Gasteiger partial charge in [0.2, 0.25) is 4.77 Å². The third-order valence-corrected chi connectivity index (χ3v) is 5.86. The Morgan fingerprint density at radius 1 is 1.14 bits per heavy atom. The van der Waals surface area contributed by atoms with Crippen LogP contribution < -0.4 is 10.1 Å². The number of sulfonamides is 1. The summed E-state index contributed by atoms with van der Waals surface area (Å²) < 4.78 is 29.8. The number of aryl methyl sites for hydroxylation is 3. The summed E-state index contributed by atoms with van der Waals surface area (Å²) in [6.45, 7) is 5.21. The van der Waals surface area contributed by atoms with Crippen LogP contribution in [0.15, 0.2) is 47.4 Å². The Hall–Kier alpha value is -2.98. The Labute approximate surface area is 167 Å². The molecule has 0 unspecified atom stereocenters. The highest BCUT2D eigenvalue weighted by Crippen LogP contribution is 2.21. The maximum Gasteiger partial charge on any atom is 0.270 e. The minimum absolute atomic E-state index is 0.0224. The van der Waals surface area contributed by atoms with Crippen molar-refractivity contribution in [3.63, 3.8) is 0 Å². The summed E-state index contributed by atoms with van der Waals surface area (Å²) in [6.07, 6.45) is 0. The van der Waals surface area contributed by atoms with Crippen molar-refractivity contribution >= 4 is 33.8 Å². The summed E-state index contributed by atoms with van der Waals surface area (Å²) >= 11 is 5.05. The first-order chi connectivity index (χ1) is 13.2. The van der Waals surface area contributed by atoms with Crippen molar-refractivity contribution in [2.24, 2.45) is 0 Å². The van der Waals surface area contributed by atoms with Gasteiger partial charge in [-0.1, -0.05) is 18.2 Å². The molecule has 0 spiro atoms. The van der Waals surface area contributed by atoms with Crippen LogP contribution in [0.1, 0.15) is 27.3 Å². The zero-order valence-corrected chi connectivity index (χ0v) is 17.1. The Kier molecular flexibility index (Phi) is 5.34. The number of nitrogens with zero attached hydrogens (tertiary/aromatic N) is 2. The molecular weight excluding hydrogens is 398 g/mol. The van der Waals surface area contributed by atoms with Gasteiger partial charge >= 0.3 is 0 Å². The van der Waals surface area contributed by atoms with E-state index in [1.165, 1.54) is 10.7 Å². The molecule has 3 rings (SSSR count). The lowest BCUT2D eigenvalue weighted by atomic mass is 10.1. The summed E-state index contributed by atoms with van der Waals surface area (Å²) in [7, 11) is -3.87. The first-order valence-electron chi connectivity index (χ1n) is 8.33. The largest absolute Gasteiger partial charge is 0.280 e. The van der Waals surface area contributed by atoms with E-state index in [1.54, 1.807) is 44.2 Å². The average Bonchev–Trinajstić information content (AvgIpc) is 2.93. The van der Waals surface area contributed by atoms with Crippen LogP contribution in [0.2, 0.25) is 0 Å². The lowest BCUT2D eigenvalue weighted by molar-refractivity contribution is 0.101. The SMILES string of the molecule is Cc1cccc(NS(=O)(=O)c2cc(C(=O)Nn3c(C)n[nH]c3=S)ccc2C)c1. The van der Waals surface area contributed by atoms with Gasteiger partial charge in [-0.2, -0.15) is 5.10 Å². The van der Waals surface area contributed by atoms with Gasteiger partial charge in [0, 0.05) is 11.3 Å². The number of aromatic amines is 1. The van der Waals surface area contributed by atoms with E-state index >= 15 is 0 Å². The molecule has 0 fully saturated rings. The second-order valence-corrected chi connectivity index (χ2v) is 8.35. The van der Waals surface area contributed by atoms with Crippen molar-refractivity contribution in [2.45, 2.75) is 25.7 Å². The molecule has 0 aliphatic rings. The van der Waals surface area contributed by atoms with Crippen LogP contribution in [0.3, 0.4) is 0 Å². The number of rotatable bonds is 5. The van der Waals surface area contributed by atoms with Crippen LogP contribution in [0.25, 0.3) is 0 Å². The quantitative estimate of drug-likeness (QED) is 0.553. The molecule has 1 heterocycles. The van der Waals surface area contributed by atoms with E-state index in [0.29, 0.717) is 17.1 Å². The summed E-state index contributed by atoms with van der Waals surface area (Å²) in [6, 6.07) is 11.5. The molecule has 1 amide bonds. The Morgan fingerprint density at radius 3 is 2.54 bits per heavy atom. The van der Waals surface area contributed by atoms with Crippen LogP contribution in [-0.2, 0) is 10.0 Å². The van der Waals surface area contributed by atoms with Gasteiger partial charge in [0.25, 0.3) is 15.9 Å². The Bertz CT molecular complexity index is 1210. The van der Waals surface area contributed by atoms with Gasteiger partial charge in [-0.25, -0.2) is 13.1 Å². The molecule has 0 atom stereocenters. The number of carbonyl (C=O) groups is 1. The molecule has 146 valence electrons. The van der Waals surface area contributed by atoms with Gasteiger partial charge in [0.1, 0.15) is 5.82 Å². The van der Waals surface area contributed by atoms with Gasteiger partial charge in [-0.05, 0) is 68.4 Å². The molecule has 0 saturated carbocycles. The molecule has 1 aromatic heterocycles. The van der Waals surface area contributed by atoms with Crippen molar-refractivity contribution < 1.29 is 13.2 Å². The number of H-pyrrole nitrogens is 1. The normalized spacial score (nSPS) is 11.2. The lowest BCUT2D eigenvalue weighted by Gasteiger charge is -2.13. The first kappa shape index (κ1) is 19.8. The third kappa shape index (κ3) is 4.12. The highest BCUT2D eigenvalue weighted by atomic mass is 32.2. The zero-order valence-electron chi connectivity index (χ0n) is 15.5. The van der Waals surface area contributed by atoms with Crippen LogP contribution in [0.5, 0.6) is 0 Å². The zero-order chi connectivity index (χ0) is 20.5. The van der Waals surface area contributed by atoms with Crippen molar-refractivity contribution in [3.05, 3.63) is 69.8 Å².